The molecule has 5 atom stereocenters. The highest BCUT2D eigenvalue weighted by Gasteiger charge is 2.54. The monoisotopic (exact) mass is 897 g/mol. The number of nitrogens with zero attached hydrogens (tertiary/aromatic N) is 1. The molecule has 1 aliphatic rings. The zero-order valence-corrected chi connectivity index (χ0v) is 36.6. The minimum Gasteiger partial charge on any atom is -0.497 e. The van der Waals surface area contributed by atoms with Crippen LogP contribution in [0.4, 0.5) is 5.69 Å². The molecule has 0 bridgehead atoms. The van der Waals surface area contributed by atoms with Crippen LogP contribution in [0.3, 0.4) is 0 Å². The molecule has 1 heterocycles. The van der Waals surface area contributed by atoms with Crippen molar-refractivity contribution in [2.45, 2.75) is 76.3 Å². The fourth-order valence-corrected chi connectivity index (χ4v) is 6.79. The molecule has 4 aromatic carbocycles. The van der Waals surface area contributed by atoms with Crippen LogP contribution in [0.15, 0.2) is 140 Å². The molecule has 1 saturated heterocycles. The zero-order chi connectivity index (χ0) is 47.1. The van der Waals surface area contributed by atoms with Crippen LogP contribution in [0.1, 0.15) is 56.7 Å². The molecule has 4 aromatic rings. The van der Waals surface area contributed by atoms with Crippen LogP contribution in [0.25, 0.3) is 0 Å². The van der Waals surface area contributed by atoms with Crippen molar-refractivity contribution < 1.29 is 72.3 Å². The van der Waals surface area contributed by atoms with E-state index in [1.54, 1.807) is 38.5 Å². The average Bonchev–Trinajstić information content (AvgIpc) is 3.28. The van der Waals surface area contributed by atoms with Crippen molar-refractivity contribution in [3.63, 3.8) is 0 Å². The third-order valence-electron chi connectivity index (χ3n) is 9.70. The van der Waals surface area contributed by atoms with E-state index < -0.39 is 41.2 Å². The molecular weight excluding hydrogens is 847 g/mol. The first kappa shape index (κ1) is 49.1. The first-order valence-corrected chi connectivity index (χ1v) is 20.2. The Balaban J connectivity index is 1.68. The summed E-state index contributed by atoms with van der Waals surface area (Å²) in [6, 6.07) is 29.1. The highest BCUT2D eigenvalue weighted by molar-refractivity contribution is 5.78. The van der Waals surface area contributed by atoms with Crippen molar-refractivity contribution in [1.29, 1.82) is 0 Å². The highest BCUT2D eigenvalue weighted by Crippen LogP contribution is 2.43. The lowest BCUT2D eigenvalue weighted by Crippen LogP contribution is -2.63. The summed E-state index contributed by atoms with van der Waals surface area (Å²) >= 11 is 0. The number of benzene rings is 4. The Bertz CT molecular complexity index is 2230. The second kappa shape index (κ2) is 23.2. The minimum atomic E-state index is -1.56. The fraction of sp³-hybridized carbons (Fsp3) is 0.312. The van der Waals surface area contributed by atoms with Crippen LogP contribution in [-0.4, -0.2) is 73.8 Å². The lowest BCUT2D eigenvalue weighted by atomic mass is 9.80. The van der Waals surface area contributed by atoms with Crippen molar-refractivity contribution in [3.8, 4) is 17.2 Å². The number of ketones is 3. The van der Waals surface area contributed by atoms with E-state index in [0.29, 0.717) is 28.2 Å². The fourth-order valence-electron chi connectivity index (χ4n) is 6.79. The van der Waals surface area contributed by atoms with E-state index in [4.69, 9.17) is 53.0 Å². The highest BCUT2D eigenvalue weighted by atomic mass is 17.2. The molecule has 17 heteroatoms. The van der Waals surface area contributed by atoms with E-state index in [-0.39, 0.29) is 71.9 Å². The molecule has 0 spiro atoms. The van der Waals surface area contributed by atoms with Crippen LogP contribution >= 0.6 is 0 Å². The van der Waals surface area contributed by atoms with Crippen LogP contribution in [0, 0.1) is 10.1 Å². The minimum absolute atomic E-state index is 0.0811. The van der Waals surface area contributed by atoms with Gasteiger partial charge in [-0.05, 0) is 73.9 Å². The Morgan fingerprint density at radius 2 is 1.02 bits per heavy atom. The first-order valence-electron chi connectivity index (χ1n) is 20.2. The third-order valence-corrected chi connectivity index (χ3v) is 9.70. The number of ether oxygens (including phenoxy) is 5. The van der Waals surface area contributed by atoms with Gasteiger partial charge in [-0.15, -0.1) is 0 Å². The Morgan fingerprint density at radius 3 is 1.45 bits per heavy atom. The van der Waals surface area contributed by atoms with Gasteiger partial charge in [0.15, 0.2) is 18.3 Å². The molecule has 1 fully saturated rings. The van der Waals surface area contributed by atoms with Gasteiger partial charge >= 0.3 is 0 Å². The van der Waals surface area contributed by atoms with Gasteiger partial charge in [0.2, 0.25) is 6.29 Å². The van der Waals surface area contributed by atoms with Gasteiger partial charge < -0.3 is 38.3 Å². The number of hydrogen-bond donors (Lipinski definition) is 0. The predicted octanol–water partition coefficient (Wildman–Crippen LogP) is 8.15. The van der Waals surface area contributed by atoms with E-state index in [1.807, 2.05) is 54.6 Å². The maximum Gasteiger partial charge on any atom is 0.269 e. The maximum atomic E-state index is 12.1. The van der Waals surface area contributed by atoms with E-state index >= 15 is 0 Å². The van der Waals surface area contributed by atoms with E-state index in [0.717, 1.165) is 0 Å². The Kier molecular flexibility index (Phi) is 17.5. The van der Waals surface area contributed by atoms with Crippen LogP contribution in [0.5, 0.6) is 17.2 Å². The maximum absolute atomic E-state index is 12.1. The predicted molar refractivity (Wildman–Crippen MR) is 232 cm³/mol. The van der Waals surface area contributed by atoms with Crippen molar-refractivity contribution in [3.05, 3.63) is 167 Å². The molecule has 0 saturated carbocycles. The Hall–Kier alpha value is -6.89. The van der Waals surface area contributed by atoms with Crippen molar-refractivity contribution in [1.82, 2.24) is 0 Å². The van der Waals surface area contributed by atoms with Gasteiger partial charge in [0.25, 0.3) is 5.69 Å². The van der Waals surface area contributed by atoms with Gasteiger partial charge in [0, 0.05) is 12.1 Å². The molecule has 0 aliphatic carbocycles. The Labute approximate surface area is 375 Å². The molecule has 344 valence electrons. The van der Waals surface area contributed by atoms with Crippen molar-refractivity contribution in [2.24, 2.45) is 0 Å². The Morgan fingerprint density at radius 1 is 0.600 bits per heavy atom. The normalized spacial score (nSPS) is 18.1. The summed E-state index contributed by atoms with van der Waals surface area (Å²) in [5, 5.41) is 11.5. The third kappa shape index (κ3) is 13.3. The largest absolute Gasteiger partial charge is 0.497 e. The number of carbonyl (C=O) groups excluding carboxylic acids is 3. The summed E-state index contributed by atoms with van der Waals surface area (Å²) in [6.45, 7) is 15.0. The molecule has 5 rings (SSSR count). The quantitative estimate of drug-likeness (QED) is 0.0192. The molecule has 0 aromatic heterocycles. The topological polar surface area (TPSA) is 196 Å². The van der Waals surface area contributed by atoms with Crippen molar-refractivity contribution in [2.75, 3.05) is 20.8 Å². The van der Waals surface area contributed by atoms with Gasteiger partial charge in [0.05, 0.1) is 45.0 Å². The number of methoxy groups -OCH3 is 2. The second-order valence-electron chi connectivity index (χ2n) is 14.9. The number of rotatable bonds is 26. The summed E-state index contributed by atoms with van der Waals surface area (Å²) in [6.07, 6.45) is -8.10. The van der Waals surface area contributed by atoms with Gasteiger partial charge in [0.1, 0.15) is 63.6 Å². The van der Waals surface area contributed by atoms with Crippen LogP contribution in [-0.2, 0) is 58.8 Å². The van der Waals surface area contributed by atoms with E-state index in [1.165, 1.54) is 45.0 Å². The molecule has 0 amide bonds. The van der Waals surface area contributed by atoms with Crippen molar-refractivity contribution >= 4 is 23.0 Å². The summed E-state index contributed by atoms with van der Waals surface area (Å²) < 4.78 is 31.2. The smallest absolute Gasteiger partial charge is 0.269 e. The van der Waals surface area contributed by atoms with Gasteiger partial charge in [-0.25, -0.2) is 0 Å². The lowest BCUT2D eigenvalue weighted by Gasteiger charge is -2.44. The van der Waals surface area contributed by atoms with Gasteiger partial charge in [-0.1, -0.05) is 74.3 Å². The first-order chi connectivity index (χ1) is 31.1. The summed E-state index contributed by atoms with van der Waals surface area (Å²) in [5.74, 6) is 0.110. The van der Waals surface area contributed by atoms with Crippen LogP contribution < -0.4 is 14.2 Å². The van der Waals surface area contributed by atoms with Crippen LogP contribution in [0.2, 0.25) is 0 Å². The molecule has 17 nitrogen and oxygen atoms in total. The number of allylic oxidation sites excluding steroid dienone is 3. The molecule has 65 heavy (non-hydrogen) atoms. The van der Waals surface area contributed by atoms with Gasteiger partial charge in [-0.2, -0.15) is 14.7 Å². The number of nitro benzene ring substituents is 1. The molecular formula is C48H51NO16. The molecule has 5 unspecified atom stereocenters. The SMILES string of the molecule is C=C(CC(C)=O)OOC1C(COC(c2ccccc2)(c2ccc(OC)cc2)c2ccc(OC)cc2)OC(Oc2ccc([N+](=O)[O-])cc2)C(OOC(=C)CC(C)=O)C1OOC(=C)CC(C)=O. The summed E-state index contributed by atoms with van der Waals surface area (Å²) in [5.41, 5.74) is 0.425. The lowest BCUT2D eigenvalue weighted by molar-refractivity contribution is -0.457. The summed E-state index contributed by atoms with van der Waals surface area (Å²) in [4.78, 5) is 81.7. The van der Waals surface area contributed by atoms with E-state index in [2.05, 4.69) is 19.7 Å². The summed E-state index contributed by atoms with van der Waals surface area (Å²) in [7, 11) is 3.11. The number of hydrogen-bond acceptors (Lipinski definition) is 16. The molecule has 0 N–H and O–H groups in total. The number of non-ortho nitro benzene ring substituents is 1. The molecule has 1 aliphatic heterocycles. The number of nitro groups is 1. The molecule has 0 radical (unpaired) electrons. The number of carbonyl (C=O) groups is 3. The zero-order valence-electron chi connectivity index (χ0n) is 36.6. The number of Topliss-reactive ketones (excluding diaryl/α,β-unsaturated/α-hetero) is 3. The van der Waals surface area contributed by atoms with Gasteiger partial charge in [-0.3, -0.25) is 24.5 Å². The standard InChI is InChI=1S/C48H51NO16/c1-30(50)26-33(4)60-63-44-43(29-57-48(36-12-10-9-11-13-36,37-14-20-40(55-7)21-15-37)38-16-22-41(56-8)23-17-38)59-47(58-42-24-18-39(19-25-42)49(53)54)46(65-62-35(6)28-32(3)52)45(44)64-61-34(5)27-31(2)51/h9-25,43-47H,4-6,26-29H2,1-3,7-8H3. The average molecular weight is 898 g/mol. The second-order valence-corrected chi connectivity index (χ2v) is 14.9. The van der Waals surface area contributed by atoms with E-state index in [9.17, 15) is 24.5 Å².